The van der Waals surface area contributed by atoms with Crippen LogP contribution < -0.4 is 5.73 Å². The zero-order valence-electron chi connectivity index (χ0n) is 10.4. The van der Waals surface area contributed by atoms with Crippen LogP contribution in [0.1, 0.15) is 45.1 Å². The van der Waals surface area contributed by atoms with Gasteiger partial charge in [-0.1, -0.05) is 38.8 Å². The molecule has 0 saturated heterocycles. The number of halogens is 2. The molecule has 0 radical (unpaired) electrons. The molecule has 1 nitrogen and oxygen atoms in total. The highest BCUT2D eigenvalue weighted by molar-refractivity contribution is 9.10. The maximum Gasteiger partial charge on any atom is 0.142 e. The molecule has 1 atom stereocenters. The molecule has 3 heteroatoms. The Balaban J connectivity index is 2.53. The number of rotatable bonds is 1. The van der Waals surface area contributed by atoms with Crippen molar-refractivity contribution in [3.63, 3.8) is 0 Å². The Morgan fingerprint density at radius 1 is 1.24 bits per heavy atom. The van der Waals surface area contributed by atoms with E-state index in [4.69, 9.17) is 5.73 Å². The Labute approximate surface area is 111 Å². The third kappa shape index (κ3) is 2.04. The van der Waals surface area contributed by atoms with E-state index in [1.54, 1.807) is 6.07 Å². The normalized spacial score (nSPS) is 28.1. The van der Waals surface area contributed by atoms with Gasteiger partial charge in [-0.25, -0.2) is 4.39 Å². The molecule has 0 heterocycles. The smallest absolute Gasteiger partial charge is 0.142 e. The van der Waals surface area contributed by atoms with Crippen molar-refractivity contribution in [3.8, 4) is 0 Å². The highest BCUT2D eigenvalue weighted by atomic mass is 79.9. The molecule has 2 rings (SSSR count). The fraction of sp³-hybridized carbons (Fsp3) is 0.571. The third-order valence-corrected chi connectivity index (χ3v) is 4.88. The highest BCUT2D eigenvalue weighted by Crippen LogP contribution is 2.49. The van der Waals surface area contributed by atoms with Gasteiger partial charge < -0.3 is 5.73 Å². The van der Waals surface area contributed by atoms with Gasteiger partial charge in [-0.3, -0.25) is 0 Å². The van der Waals surface area contributed by atoms with Crippen LogP contribution >= 0.6 is 15.9 Å². The maximum atomic E-state index is 14.2. The van der Waals surface area contributed by atoms with Crippen molar-refractivity contribution in [2.75, 3.05) is 0 Å². The van der Waals surface area contributed by atoms with Gasteiger partial charge in [0.2, 0.25) is 0 Å². The molecule has 0 aliphatic heterocycles. The van der Waals surface area contributed by atoms with E-state index in [1.807, 2.05) is 12.1 Å². The Bertz CT molecular complexity index is 430. The quantitative estimate of drug-likeness (QED) is 0.820. The molecule has 0 spiro atoms. The summed E-state index contributed by atoms with van der Waals surface area (Å²) in [4.78, 5) is 0. The van der Waals surface area contributed by atoms with Crippen LogP contribution in [-0.2, 0) is 5.54 Å². The molecule has 17 heavy (non-hydrogen) atoms. The molecular weight excluding hydrogens is 281 g/mol. The van der Waals surface area contributed by atoms with E-state index in [0.29, 0.717) is 10.0 Å². The van der Waals surface area contributed by atoms with Crippen molar-refractivity contribution < 1.29 is 4.39 Å². The van der Waals surface area contributed by atoms with E-state index in [-0.39, 0.29) is 11.2 Å². The first kappa shape index (κ1) is 13.0. The molecule has 1 fully saturated rings. The summed E-state index contributed by atoms with van der Waals surface area (Å²) >= 11 is 3.24. The second kappa shape index (κ2) is 4.36. The maximum absolute atomic E-state index is 14.2. The first-order valence-corrected chi connectivity index (χ1v) is 6.91. The van der Waals surface area contributed by atoms with Crippen molar-refractivity contribution in [3.05, 3.63) is 34.1 Å². The predicted octanol–water partition coefficient (Wildman–Crippen LogP) is 4.34. The molecule has 1 aliphatic carbocycles. The Morgan fingerprint density at radius 3 is 2.53 bits per heavy atom. The molecule has 94 valence electrons. The summed E-state index contributed by atoms with van der Waals surface area (Å²) in [6.07, 6.45) is 4.16. The number of hydrogen-bond acceptors (Lipinski definition) is 1. The van der Waals surface area contributed by atoms with Crippen LogP contribution in [0.2, 0.25) is 0 Å². The third-order valence-electron chi connectivity index (χ3n) is 4.26. The van der Waals surface area contributed by atoms with E-state index < -0.39 is 5.54 Å². The van der Waals surface area contributed by atoms with Crippen LogP contribution in [0.4, 0.5) is 4.39 Å². The van der Waals surface area contributed by atoms with Crippen LogP contribution in [0.25, 0.3) is 0 Å². The molecule has 2 N–H and O–H groups in total. The second-order valence-electron chi connectivity index (χ2n) is 5.66. The Morgan fingerprint density at radius 2 is 1.88 bits per heavy atom. The fourth-order valence-electron chi connectivity index (χ4n) is 2.88. The summed E-state index contributed by atoms with van der Waals surface area (Å²) in [7, 11) is 0. The number of benzene rings is 1. The van der Waals surface area contributed by atoms with Gasteiger partial charge in [0.15, 0.2) is 0 Å². The standard InChI is InChI=1S/C14H19BrFN/c1-13(2)8-3-4-9-14(13,17)10-6-5-7-11(15)12(10)16/h5-7H,3-4,8-9,17H2,1-2H3. The van der Waals surface area contributed by atoms with Gasteiger partial charge in [0, 0.05) is 11.1 Å². The van der Waals surface area contributed by atoms with Crippen LogP contribution in [0.5, 0.6) is 0 Å². The summed E-state index contributed by atoms with van der Waals surface area (Å²) in [6, 6.07) is 5.41. The van der Waals surface area contributed by atoms with E-state index in [0.717, 1.165) is 19.3 Å². The van der Waals surface area contributed by atoms with E-state index in [9.17, 15) is 4.39 Å². The molecule has 1 aromatic carbocycles. The lowest BCUT2D eigenvalue weighted by atomic mass is 9.61. The van der Waals surface area contributed by atoms with Crippen LogP contribution in [-0.4, -0.2) is 0 Å². The average Bonchev–Trinajstić information content (AvgIpc) is 2.26. The second-order valence-corrected chi connectivity index (χ2v) is 6.52. The Hall–Kier alpha value is -0.410. The van der Waals surface area contributed by atoms with Gasteiger partial charge in [-0.15, -0.1) is 0 Å². The van der Waals surface area contributed by atoms with E-state index in [1.165, 1.54) is 6.42 Å². The molecule has 0 amide bonds. The predicted molar refractivity (Wildman–Crippen MR) is 72.2 cm³/mol. The molecule has 0 aromatic heterocycles. The van der Waals surface area contributed by atoms with Crippen molar-refractivity contribution in [2.24, 2.45) is 11.1 Å². The number of nitrogens with two attached hydrogens (primary N) is 1. The minimum Gasteiger partial charge on any atom is -0.321 e. The van der Waals surface area contributed by atoms with E-state index >= 15 is 0 Å². The lowest BCUT2D eigenvalue weighted by Gasteiger charge is -2.48. The first-order chi connectivity index (χ1) is 7.88. The lowest BCUT2D eigenvalue weighted by molar-refractivity contribution is 0.0942. The average molecular weight is 300 g/mol. The zero-order valence-corrected chi connectivity index (χ0v) is 12.0. The summed E-state index contributed by atoms with van der Waals surface area (Å²) in [5.74, 6) is -0.204. The summed E-state index contributed by atoms with van der Waals surface area (Å²) < 4.78 is 14.7. The first-order valence-electron chi connectivity index (χ1n) is 6.12. The number of hydrogen-bond donors (Lipinski definition) is 1. The molecule has 1 aromatic rings. The minimum absolute atomic E-state index is 0.0626. The molecule has 0 bridgehead atoms. The van der Waals surface area contributed by atoms with E-state index in [2.05, 4.69) is 29.8 Å². The van der Waals surface area contributed by atoms with Crippen molar-refractivity contribution in [2.45, 2.75) is 45.1 Å². The van der Waals surface area contributed by atoms with Gasteiger partial charge in [0.25, 0.3) is 0 Å². The molecule has 1 aliphatic rings. The minimum atomic E-state index is -0.556. The SMILES string of the molecule is CC1(C)CCCCC1(N)c1cccc(Br)c1F. The lowest BCUT2D eigenvalue weighted by Crippen LogP contribution is -2.52. The molecule has 1 unspecified atom stereocenters. The van der Waals surface area contributed by atoms with Crippen LogP contribution in [0, 0.1) is 11.2 Å². The van der Waals surface area contributed by atoms with Gasteiger partial charge in [0.05, 0.1) is 4.47 Å². The molecule has 1 saturated carbocycles. The zero-order chi connectivity index (χ0) is 12.7. The van der Waals surface area contributed by atoms with Crippen molar-refractivity contribution >= 4 is 15.9 Å². The van der Waals surface area contributed by atoms with Crippen LogP contribution in [0.15, 0.2) is 22.7 Å². The molecular formula is C14H19BrFN. The van der Waals surface area contributed by atoms with Gasteiger partial charge >= 0.3 is 0 Å². The fourth-order valence-corrected chi connectivity index (χ4v) is 3.25. The summed E-state index contributed by atoms with van der Waals surface area (Å²) in [5, 5.41) is 0. The monoisotopic (exact) mass is 299 g/mol. The van der Waals surface area contributed by atoms with Gasteiger partial charge in [0.1, 0.15) is 5.82 Å². The summed E-state index contributed by atoms with van der Waals surface area (Å²) in [6.45, 7) is 4.29. The van der Waals surface area contributed by atoms with Crippen molar-refractivity contribution in [1.29, 1.82) is 0 Å². The largest absolute Gasteiger partial charge is 0.321 e. The van der Waals surface area contributed by atoms with Gasteiger partial charge in [-0.05, 0) is 40.3 Å². The van der Waals surface area contributed by atoms with Gasteiger partial charge in [-0.2, -0.15) is 0 Å². The topological polar surface area (TPSA) is 26.0 Å². The summed E-state index contributed by atoms with van der Waals surface area (Å²) in [5.41, 5.74) is 6.60. The Kier molecular flexibility index (Phi) is 3.34. The van der Waals surface area contributed by atoms with Crippen molar-refractivity contribution in [1.82, 2.24) is 0 Å². The van der Waals surface area contributed by atoms with Crippen LogP contribution in [0.3, 0.4) is 0 Å². The highest BCUT2D eigenvalue weighted by Gasteiger charge is 2.46.